The van der Waals surface area contributed by atoms with Gasteiger partial charge in [0.15, 0.2) is 6.17 Å². The minimum atomic E-state index is -1.27. The zero-order valence-corrected chi connectivity index (χ0v) is 15.8. The number of ether oxygens (including phenoxy) is 2. The lowest BCUT2D eigenvalue weighted by molar-refractivity contribution is 0.139. The molecule has 0 saturated carbocycles. The van der Waals surface area contributed by atoms with Crippen LogP contribution >= 0.6 is 0 Å². The Bertz CT molecular complexity index is 784. The summed E-state index contributed by atoms with van der Waals surface area (Å²) in [5.41, 5.74) is 2.58. The van der Waals surface area contributed by atoms with Crippen LogP contribution in [0.15, 0.2) is 40.1 Å². The number of aliphatic imine (C=N–C) groups is 2. The smallest absolute Gasteiger partial charge is 0.228 e. The Morgan fingerprint density at radius 3 is 2.85 bits per heavy atom. The van der Waals surface area contributed by atoms with E-state index in [2.05, 4.69) is 44.9 Å². The van der Waals surface area contributed by atoms with Gasteiger partial charge in [-0.25, -0.2) is 9.38 Å². The maximum absolute atomic E-state index is 13.7. The number of nitrogens with zero attached hydrogens (tertiary/aromatic N) is 4. The molecule has 2 unspecified atom stereocenters. The summed E-state index contributed by atoms with van der Waals surface area (Å²) in [6.45, 7) is 6.36. The Hall–Kier alpha value is -2.41. The molecule has 3 aliphatic heterocycles. The summed E-state index contributed by atoms with van der Waals surface area (Å²) < 4.78 is 24.5. The number of allylic oxidation sites excluding steroid dienone is 1. The van der Waals surface area contributed by atoms with Crippen LogP contribution in [0.25, 0.3) is 0 Å². The normalized spacial score (nSPS) is 23.8. The van der Waals surface area contributed by atoms with Gasteiger partial charge in [-0.05, 0) is 24.1 Å². The van der Waals surface area contributed by atoms with Crippen molar-refractivity contribution in [3.05, 3.63) is 41.3 Å². The van der Waals surface area contributed by atoms with Crippen LogP contribution in [0.4, 0.5) is 4.39 Å². The number of fused-ring (bicyclic) bond motifs is 1. The van der Waals surface area contributed by atoms with Crippen LogP contribution in [0.1, 0.15) is 24.1 Å². The molecule has 3 heterocycles. The van der Waals surface area contributed by atoms with Gasteiger partial charge in [0, 0.05) is 50.9 Å². The fourth-order valence-corrected chi connectivity index (χ4v) is 3.71. The number of hydrogen-bond donors (Lipinski definition) is 0. The van der Waals surface area contributed by atoms with E-state index in [0.717, 1.165) is 45.0 Å². The van der Waals surface area contributed by atoms with Crippen molar-refractivity contribution in [3.8, 4) is 5.75 Å². The Labute approximate surface area is 159 Å². The predicted octanol–water partition coefficient (Wildman–Crippen LogP) is 2.57. The number of hydrogen-bond acceptors (Lipinski definition) is 6. The summed E-state index contributed by atoms with van der Waals surface area (Å²) in [6.07, 6.45) is 2.32. The first-order valence-corrected chi connectivity index (χ1v) is 9.41. The van der Waals surface area contributed by atoms with Crippen LogP contribution < -0.4 is 4.74 Å². The highest BCUT2D eigenvalue weighted by molar-refractivity contribution is 5.91. The van der Waals surface area contributed by atoms with E-state index >= 15 is 0 Å². The quantitative estimate of drug-likeness (QED) is 0.818. The van der Waals surface area contributed by atoms with Gasteiger partial charge in [0.25, 0.3) is 0 Å². The summed E-state index contributed by atoms with van der Waals surface area (Å²) in [5, 5.41) is 0. The van der Waals surface area contributed by atoms with Gasteiger partial charge in [-0.2, -0.15) is 4.99 Å². The lowest BCUT2D eigenvalue weighted by Gasteiger charge is -2.38. The van der Waals surface area contributed by atoms with Crippen molar-refractivity contribution in [3.63, 3.8) is 0 Å². The summed E-state index contributed by atoms with van der Waals surface area (Å²) in [5.74, 6) is 1.81. The minimum Gasteiger partial charge on any atom is -0.493 e. The molecule has 4 rings (SSSR count). The van der Waals surface area contributed by atoms with E-state index in [1.807, 2.05) is 0 Å². The molecule has 0 radical (unpaired) electrons. The molecule has 144 valence electrons. The molecular weight excluding hydrogens is 347 g/mol. The average molecular weight is 372 g/mol. The first-order valence-electron chi connectivity index (χ1n) is 9.41. The number of rotatable bonds is 3. The molecule has 0 aliphatic carbocycles. The van der Waals surface area contributed by atoms with Crippen LogP contribution in [-0.2, 0) is 11.2 Å². The van der Waals surface area contributed by atoms with E-state index in [-0.39, 0.29) is 5.88 Å². The van der Waals surface area contributed by atoms with E-state index < -0.39 is 6.17 Å². The Kier molecular flexibility index (Phi) is 5.11. The van der Waals surface area contributed by atoms with E-state index in [1.165, 1.54) is 30.5 Å². The zero-order valence-electron chi connectivity index (χ0n) is 15.8. The van der Waals surface area contributed by atoms with Crippen molar-refractivity contribution in [1.29, 1.82) is 0 Å². The second kappa shape index (κ2) is 7.68. The largest absolute Gasteiger partial charge is 0.493 e. The van der Waals surface area contributed by atoms with Gasteiger partial charge in [0.2, 0.25) is 11.8 Å². The molecule has 0 spiro atoms. The van der Waals surface area contributed by atoms with Crippen molar-refractivity contribution in [2.75, 3.05) is 39.9 Å². The maximum Gasteiger partial charge on any atom is 0.228 e. The van der Waals surface area contributed by atoms with Gasteiger partial charge in [-0.3, -0.25) is 4.90 Å². The second-order valence-electron chi connectivity index (χ2n) is 7.01. The van der Waals surface area contributed by atoms with Gasteiger partial charge in [0.1, 0.15) is 5.75 Å². The van der Waals surface area contributed by atoms with Crippen molar-refractivity contribution < 1.29 is 13.9 Å². The fraction of sp³-hybridized carbons (Fsp3) is 0.500. The van der Waals surface area contributed by atoms with Crippen molar-refractivity contribution >= 4 is 12.2 Å². The zero-order chi connectivity index (χ0) is 18.8. The summed E-state index contributed by atoms with van der Waals surface area (Å²) in [4.78, 5) is 13.1. The van der Waals surface area contributed by atoms with E-state index in [4.69, 9.17) is 9.47 Å². The minimum absolute atomic E-state index is 0.268. The molecule has 1 saturated heterocycles. The molecule has 0 aromatic heterocycles. The molecular formula is C20H25FN4O2. The van der Waals surface area contributed by atoms with E-state index in [0.29, 0.717) is 12.0 Å². The summed E-state index contributed by atoms with van der Waals surface area (Å²) in [7, 11) is 1.49. The number of methoxy groups -OCH3 is 1. The van der Waals surface area contributed by atoms with Crippen molar-refractivity contribution in [2.24, 2.45) is 9.98 Å². The van der Waals surface area contributed by atoms with Crippen LogP contribution in [-0.4, -0.2) is 68.0 Å². The lowest BCUT2D eigenvalue weighted by Crippen LogP contribution is -2.49. The van der Waals surface area contributed by atoms with E-state index in [1.54, 1.807) is 0 Å². The molecule has 3 aliphatic rings. The molecule has 1 aromatic carbocycles. The topological polar surface area (TPSA) is 49.7 Å². The number of benzene rings is 1. The number of guanidine groups is 1. The fourth-order valence-electron chi connectivity index (χ4n) is 3.71. The molecule has 1 fully saturated rings. The Morgan fingerprint density at radius 1 is 1.26 bits per heavy atom. The van der Waals surface area contributed by atoms with Gasteiger partial charge in [-0.15, -0.1) is 0 Å². The van der Waals surface area contributed by atoms with Crippen LogP contribution in [0.5, 0.6) is 5.75 Å². The third-order valence-electron chi connectivity index (χ3n) is 5.40. The third-order valence-corrected chi connectivity index (χ3v) is 5.40. The monoisotopic (exact) mass is 372 g/mol. The van der Waals surface area contributed by atoms with Gasteiger partial charge in [-0.1, -0.05) is 12.1 Å². The van der Waals surface area contributed by atoms with Crippen LogP contribution in [0.3, 0.4) is 0 Å². The predicted molar refractivity (Wildman–Crippen MR) is 103 cm³/mol. The highest BCUT2D eigenvalue weighted by Gasteiger charge is 2.25. The second-order valence-corrected chi connectivity index (χ2v) is 7.01. The standard InChI is InChI=1S/C20H25FN4O2/c1-14(16-4-3-15-5-10-27-18(15)11-16)24-6-8-25(9-7-24)20-22-13-17(21)12-19(23-20)26-2/h3-4,11-14,17H,5-10H2,1-2H3. The maximum atomic E-state index is 13.7. The highest BCUT2D eigenvalue weighted by Crippen LogP contribution is 2.31. The number of alkyl halides is 1. The molecule has 0 bridgehead atoms. The molecule has 7 heteroatoms. The lowest BCUT2D eigenvalue weighted by atomic mass is 10.0. The van der Waals surface area contributed by atoms with Gasteiger partial charge in [0.05, 0.1) is 13.7 Å². The van der Waals surface area contributed by atoms with Gasteiger partial charge >= 0.3 is 0 Å². The van der Waals surface area contributed by atoms with Crippen molar-refractivity contribution in [2.45, 2.75) is 25.6 Å². The molecule has 0 N–H and O–H groups in total. The summed E-state index contributed by atoms with van der Waals surface area (Å²) >= 11 is 0. The molecule has 0 amide bonds. The molecule has 1 aromatic rings. The molecule has 27 heavy (non-hydrogen) atoms. The molecule has 6 nitrogen and oxygen atoms in total. The number of piperazine rings is 1. The first-order chi connectivity index (χ1) is 13.1. The Balaban J connectivity index is 1.41. The third kappa shape index (κ3) is 3.83. The molecule has 2 atom stereocenters. The highest BCUT2D eigenvalue weighted by atomic mass is 19.1. The van der Waals surface area contributed by atoms with Crippen molar-refractivity contribution in [1.82, 2.24) is 9.80 Å². The SMILES string of the molecule is COC1=CC(F)C=NC(N2CCN(C(C)c3ccc4c(c3)OCC4)CC2)=N1. The first kappa shape index (κ1) is 18.0. The average Bonchev–Trinajstić information content (AvgIpc) is 3.09. The Morgan fingerprint density at radius 2 is 2.07 bits per heavy atom. The van der Waals surface area contributed by atoms with E-state index in [9.17, 15) is 4.39 Å². The van der Waals surface area contributed by atoms with Crippen LogP contribution in [0.2, 0.25) is 0 Å². The van der Waals surface area contributed by atoms with Gasteiger partial charge < -0.3 is 14.4 Å². The van der Waals surface area contributed by atoms with Crippen LogP contribution in [0, 0.1) is 0 Å². The summed E-state index contributed by atoms with van der Waals surface area (Å²) in [6, 6.07) is 6.88. The number of halogens is 1.